The Morgan fingerprint density at radius 1 is 1.00 bits per heavy atom. The zero-order valence-corrected chi connectivity index (χ0v) is 17.4. The lowest BCUT2D eigenvalue weighted by Gasteiger charge is -2.11. The molecule has 0 aliphatic rings. The second-order valence-electron chi connectivity index (χ2n) is 6.12. The minimum atomic E-state index is -0.596. The number of methoxy groups -OCH3 is 2. The molecule has 1 heterocycles. The van der Waals surface area contributed by atoms with Gasteiger partial charge in [0.2, 0.25) is 0 Å². The van der Waals surface area contributed by atoms with Gasteiger partial charge in [-0.2, -0.15) is 0 Å². The highest BCUT2D eigenvalue weighted by atomic mass is 32.1. The van der Waals surface area contributed by atoms with Crippen molar-refractivity contribution in [3.63, 3.8) is 0 Å². The largest absolute Gasteiger partial charge is 0.497 e. The first-order valence-electron chi connectivity index (χ1n) is 9.11. The van der Waals surface area contributed by atoms with Gasteiger partial charge in [-0.1, -0.05) is 30.3 Å². The van der Waals surface area contributed by atoms with E-state index in [0.29, 0.717) is 17.2 Å². The number of ether oxygens (including phenoxy) is 3. The molecule has 0 atom stereocenters. The molecule has 0 fully saturated rings. The first-order chi connectivity index (χ1) is 14.6. The third kappa shape index (κ3) is 5.71. The van der Waals surface area contributed by atoms with E-state index in [0.717, 1.165) is 15.3 Å². The van der Waals surface area contributed by atoms with Gasteiger partial charge in [0.25, 0.3) is 5.91 Å². The second kappa shape index (κ2) is 10.3. The Hall–Kier alpha value is -3.58. The van der Waals surface area contributed by atoms with E-state index in [9.17, 15) is 9.59 Å². The van der Waals surface area contributed by atoms with E-state index in [2.05, 4.69) is 5.32 Å². The molecule has 6 nitrogen and oxygen atoms in total. The number of anilines is 1. The molecular weight excluding hydrogens is 402 g/mol. The van der Waals surface area contributed by atoms with Gasteiger partial charge in [0.1, 0.15) is 11.5 Å². The van der Waals surface area contributed by atoms with Crippen LogP contribution in [0, 0.1) is 0 Å². The van der Waals surface area contributed by atoms with Gasteiger partial charge in [0.15, 0.2) is 6.61 Å². The van der Waals surface area contributed by atoms with E-state index in [-0.39, 0.29) is 0 Å². The summed E-state index contributed by atoms with van der Waals surface area (Å²) >= 11 is 1.56. The fourth-order valence-corrected chi connectivity index (χ4v) is 3.54. The Balaban J connectivity index is 1.51. The van der Waals surface area contributed by atoms with E-state index in [1.54, 1.807) is 42.7 Å². The van der Waals surface area contributed by atoms with E-state index in [1.165, 1.54) is 13.2 Å². The molecule has 0 aliphatic carbocycles. The maximum Gasteiger partial charge on any atom is 0.331 e. The minimum absolute atomic E-state index is 0.405. The number of amides is 1. The van der Waals surface area contributed by atoms with Crippen molar-refractivity contribution in [1.82, 2.24) is 0 Å². The zero-order chi connectivity index (χ0) is 21.3. The van der Waals surface area contributed by atoms with Crippen molar-refractivity contribution in [1.29, 1.82) is 0 Å². The highest BCUT2D eigenvalue weighted by Gasteiger charge is 2.10. The second-order valence-corrected chi connectivity index (χ2v) is 7.24. The number of hydrogen-bond donors (Lipinski definition) is 1. The SMILES string of the molecule is COc1ccc(NC(=O)COC(=O)/C=C/c2ccc(-c3ccccc3)s2)c(OC)c1. The van der Waals surface area contributed by atoms with Crippen LogP contribution in [0.3, 0.4) is 0 Å². The van der Waals surface area contributed by atoms with Gasteiger partial charge < -0.3 is 19.5 Å². The molecule has 0 unspecified atom stereocenters. The van der Waals surface area contributed by atoms with Gasteiger partial charge >= 0.3 is 5.97 Å². The smallest absolute Gasteiger partial charge is 0.331 e. The van der Waals surface area contributed by atoms with Crippen molar-refractivity contribution in [3.8, 4) is 21.9 Å². The van der Waals surface area contributed by atoms with E-state index >= 15 is 0 Å². The van der Waals surface area contributed by atoms with Gasteiger partial charge in [-0.25, -0.2) is 4.79 Å². The van der Waals surface area contributed by atoms with Crippen molar-refractivity contribution in [2.75, 3.05) is 26.1 Å². The molecular formula is C23H21NO5S. The molecule has 0 radical (unpaired) electrons. The van der Waals surface area contributed by atoms with Crippen molar-refractivity contribution < 1.29 is 23.8 Å². The van der Waals surface area contributed by atoms with Crippen molar-refractivity contribution in [2.45, 2.75) is 0 Å². The number of esters is 1. The fraction of sp³-hybridized carbons (Fsp3) is 0.130. The standard InChI is InChI=1S/C23H21NO5S/c1-27-17-8-11-19(20(14-17)28-2)24-22(25)15-29-23(26)13-10-18-9-12-21(30-18)16-6-4-3-5-7-16/h3-14H,15H2,1-2H3,(H,24,25)/b13-10+. The topological polar surface area (TPSA) is 73.9 Å². The molecule has 2 aromatic carbocycles. The molecule has 0 spiro atoms. The highest BCUT2D eigenvalue weighted by Crippen LogP contribution is 2.29. The molecule has 0 aliphatic heterocycles. The average molecular weight is 423 g/mol. The average Bonchev–Trinajstić information content (AvgIpc) is 3.26. The number of benzene rings is 2. The summed E-state index contributed by atoms with van der Waals surface area (Å²) in [5, 5.41) is 2.64. The molecule has 3 aromatic rings. The number of carbonyl (C=O) groups excluding carboxylic acids is 2. The maximum atomic E-state index is 12.1. The maximum absolute atomic E-state index is 12.1. The van der Waals surface area contributed by atoms with Gasteiger partial charge in [-0.3, -0.25) is 4.79 Å². The number of rotatable bonds is 8. The lowest BCUT2D eigenvalue weighted by Crippen LogP contribution is -2.20. The molecule has 0 saturated carbocycles. The van der Waals surface area contributed by atoms with E-state index in [4.69, 9.17) is 14.2 Å². The van der Waals surface area contributed by atoms with Crippen LogP contribution in [0.2, 0.25) is 0 Å². The molecule has 30 heavy (non-hydrogen) atoms. The molecule has 1 N–H and O–H groups in total. The lowest BCUT2D eigenvalue weighted by molar-refractivity contribution is -0.142. The van der Waals surface area contributed by atoms with Crippen LogP contribution in [0.4, 0.5) is 5.69 Å². The summed E-state index contributed by atoms with van der Waals surface area (Å²) in [5.41, 5.74) is 1.58. The van der Waals surface area contributed by atoms with Crippen LogP contribution >= 0.6 is 11.3 Å². The van der Waals surface area contributed by atoms with Crippen molar-refractivity contribution in [3.05, 3.63) is 71.6 Å². The summed E-state index contributed by atoms with van der Waals surface area (Å²) in [4.78, 5) is 26.0. The lowest BCUT2D eigenvalue weighted by atomic mass is 10.2. The van der Waals surface area contributed by atoms with Gasteiger partial charge in [-0.15, -0.1) is 11.3 Å². The minimum Gasteiger partial charge on any atom is -0.497 e. The van der Waals surface area contributed by atoms with Crippen LogP contribution in [0.1, 0.15) is 4.88 Å². The molecule has 1 amide bonds. The molecule has 1 aromatic heterocycles. The number of nitrogens with one attached hydrogen (secondary N) is 1. The number of hydrogen-bond acceptors (Lipinski definition) is 6. The highest BCUT2D eigenvalue weighted by molar-refractivity contribution is 7.16. The predicted molar refractivity (Wildman–Crippen MR) is 118 cm³/mol. The molecule has 0 bridgehead atoms. The third-order valence-corrected chi connectivity index (χ3v) is 5.20. The zero-order valence-electron chi connectivity index (χ0n) is 16.6. The summed E-state index contributed by atoms with van der Waals surface area (Å²) in [6, 6.07) is 18.9. The van der Waals surface area contributed by atoms with E-state index in [1.807, 2.05) is 42.5 Å². The summed E-state index contributed by atoms with van der Waals surface area (Å²) < 4.78 is 15.3. The fourth-order valence-electron chi connectivity index (χ4n) is 2.62. The van der Waals surface area contributed by atoms with Crippen LogP contribution in [0.25, 0.3) is 16.5 Å². The Morgan fingerprint density at radius 3 is 2.53 bits per heavy atom. The van der Waals surface area contributed by atoms with Crippen LogP contribution in [-0.2, 0) is 14.3 Å². The van der Waals surface area contributed by atoms with Crippen LogP contribution in [0.15, 0.2) is 66.7 Å². The quantitative estimate of drug-likeness (QED) is 0.422. The summed E-state index contributed by atoms with van der Waals surface area (Å²) in [6.07, 6.45) is 2.98. The first kappa shape index (κ1) is 21.1. The molecule has 154 valence electrons. The Morgan fingerprint density at radius 2 is 1.80 bits per heavy atom. The van der Waals surface area contributed by atoms with Crippen molar-refractivity contribution >= 4 is 35.0 Å². The summed E-state index contributed by atoms with van der Waals surface area (Å²) in [7, 11) is 3.03. The Bertz CT molecular complexity index is 1040. The molecule has 0 saturated heterocycles. The predicted octanol–water partition coefficient (Wildman–Crippen LogP) is 4.63. The molecule has 7 heteroatoms. The van der Waals surface area contributed by atoms with Crippen molar-refractivity contribution in [2.24, 2.45) is 0 Å². The number of thiophene rings is 1. The van der Waals surface area contributed by atoms with Crippen LogP contribution in [0.5, 0.6) is 11.5 Å². The van der Waals surface area contributed by atoms with Gasteiger partial charge in [-0.05, 0) is 35.9 Å². The summed E-state index contributed by atoms with van der Waals surface area (Å²) in [6.45, 7) is -0.405. The molecule has 3 rings (SSSR count). The number of carbonyl (C=O) groups is 2. The normalized spacial score (nSPS) is 10.6. The summed E-state index contributed by atoms with van der Waals surface area (Å²) in [5.74, 6) is -0.0181. The van der Waals surface area contributed by atoms with Crippen LogP contribution in [-0.4, -0.2) is 32.7 Å². The van der Waals surface area contributed by atoms with Gasteiger partial charge in [0, 0.05) is 21.9 Å². The Labute approximate surface area is 178 Å². The van der Waals surface area contributed by atoms with E-state index < -0.39 is 18.5 Å². The third-order valence-electron chi connectivity index (χ3n) is 4.10. The Kier molecular flexibility index (Phi) is 7.24. The van der Waals surface area contributed by atoms with Gasteiger partial charge in [0.05, 0.1) is 19.9 Å². The van der Waals surface area contributed by atoms with Crippen LogP contribution < -0.4 is 14.8 Å². The monoisotopic (exact) mass is 423 g/mol. The first-order valence-corrected chi connectivity index (χ1v) is 9.92.